The minimum absolute atomic E-state index is 0.444. The van der Waals surface area contributed by atoms with Gasteiger partial charge in [-0.25, -0.2) is 0 Å². The molecule has 1 aliphatic heterocycles. The minimum atomic E-state index is 0.444. The van der Waals surface area contributed by atoms with E-state index in [1.54, 1.807) is 0 Å². The van der Waals surface area contributed by atoms with Crippen LogP contribution >= 0.6 is 15.9 Å². The van der Waals surface area contributed by atoms with Crippen molar-refractivity contribution < 1.29 is 0 Å². The molecule has 1 atom stereocenters. The lowest BCUT2D eigenvalue weighted by Crippen LogP contribution is -2.36. The molecule has 1 saturated heterocycles. The van der Waals surface area contributed by atoms with Crippen LogP contribution in [0.25, 0.3) is 10.9 Å². The number of halogens is 1. The van der Waals surface area contributed by atoms with Gasteiger partial charge in [-0.15, -0.1) is 0 Å². The average molecular weight is 357 g/mol. The Bertz CT molecular complexity index is 784. The molecule has 3 heterocycles. The molecule has 0 spiro atoms. The van der Waals surface area contributed by atoms with Crippen LogP contribution in [0.15, 0.2) is 53.4 Å². The highest BCUT2D eigenvalue weighted by Crippen LogP contribution is 2.32. The van der Waals surface area contributed by atoms with Gasteiger partial charge in [0.05, 0.1) is 11.6 Å². The van der Waals surface area contributed by atoms with Crippen LogP contribution in [0, 0.1) is 0 Å². The summed E-state index contributed by atoms with van der Waals surface area (Å²) in [5.74, 6) is 0. The van der Waals surface area contributed by atoms with Gasteiger partial charge in [0.1, 0.15) is 0 Å². The van der Waals surface area contributed by atoms with E-state index in [9.17, 15) is 0 Å². The van der Waals surface area contributed by atoms with Gasteiger partial charge in [0.2, 0.25) is 0 Å². The number of hydrogen-bond donors (Lipinski definition) is 0. The number of hydrogen-bond acceptors (Lipinski definition) is 3. The van der Waals surface area contributed by atoms with E-state index in [0.717, 1.165) is 23.1 Å². The second-order valence-corrected chi connectivity index (χ2v) is 6.64. The average Bonchev–Trinajstić information content (AvgIpc) is 3.09. The van der Waals surface area contributed by atoms with Crippen molar-refractivity contribution in [2.24, 2.45) is 0 Å². The molecule has 1 aromatic carbocycles. The van der Waals surface area contributed by atoms with Crippen LogP contribution in [0.1, 0.15) is 18.9 Å². The van der Waals surface area contributed by atoms with E-state index in [-0.39, 0.29) is 0 Å². The number of nitrogens with zero attached hydrogens (tertiary/aromatic N) is 4. The number of rotatable bonds is 2. The predicted octanol–water partition coefficient (Wildman–Crippen LogP) is 4.04. The normalized spacial score (nSPS) is 18.8. The Morgan fingerprint density at radius 1 is 1.18 bits per heavy atom. The van der Waals surface area contributed by atoms with E-state index >= 15 is 0 Å². The Labute approximate surface area is 137 Å². The van der Waals surface area contributed by atoms with Crippen molar-refractivity contribution in [1.82, 2.24) is 14.8 Å². The standard InChI is InChI=1S/C17H17BrN4/c18-13-4-5-16-15(11-13)17(6-8-19-16)21-9-1-3-14(12-21)22-10-2-7-20-22/h2,4-8,10-11,14H,1,3,9,12H2. The summed E-state index contributed by atoms with van der Waals surface area (Å²) in [6.45, 7) is 2.08. The number of aromatic nitrogens is 3. The molecule has 4 nitrogen and oxygen atoms in total. The van der Waals surface area contributed by atoms with E-state index < -0.39 is 0 Å². The lowest BCUT2D eigenvalue weighted by Gasteiger charge is -2.35. The van der Waals surface area contributed by atoms with Crippen molar-refractivity contribution in [3.05, 3.63) is 53.4 Å². The Kier molecular flexibility index (Phi) is 3.58. The zero-order valence-electron chi connectivity index (χ0n) is 12.2. The van der Waals surface area contributed by atoms with Gasteiger partial charge < -0.3 is 4.90 Å². The third-order valence-corrected chi connectivity index (χ3v) is 4.81. The molecule has 0 amide bonds. The number of piperidine rings is 1. The van der Waals surface area contributed by atoms with Crippen LogP contribution < -0.4 is 4.90 Å². The molecule has 0 N–H and O–H groups in total. The molecule has 1 fully saturated rings. The van der Waals surface area contributed by atoms with Gasteiger partial charge in [-0.1, -0.05) is 15.9 Å². The maximum atomic E-state index is 4.48. The first-order valence-corrected chi connectivity index (χ1v) is 8.39. The summed E-state index contributed by atoms with van der Waals surface area (Å²) in [7, 11) is 0. The second kappa shape index (κ2) is 5.72. The molecule has 112 valence electrons. The number of benzene rings is 1. The van der Waals surface area contributed by atoms with Gasteiger partial charge in [-0.05, 0) is 43.2 Å². The summed E-state index contributed by atoms with van der Waals surface area (Å²) < 4.78 is 3.18. The fourth-order valence-electron chi connectivity index (χ4n) is 3.27. The van der Waals surface area contributed by atoms with Gasteiger partial charge >= 0.3 is 0 Å². The van der Waals surface area contributed by atoms with E-state index in [1.165, 1.54) is 23.9 Å². The molecule has 1 unspecified atom stereocenters. The van der Waals surface area contributed by atoms with E-state index in [2.05, 4.69) is 60.0 Å². The van der Waals surface area contributed by atoms with Gasteiger partial charge in [0.25, 0.3) is 0 Å². The minimum Gasteiger partial charge on any atom is -0.369 e. The molecule has 2 aromatic heterocycles. The smallest absolute Gasteiger partial charge is 0.0723 e. The number of anilines is 1. The van der Waals surface area contributed by atoms with Crippen molar-refractivity contribution in [3.8, 4) is 0 Å². The summed E-state index contributed by atoms with van der Waals surface area (Å²) in [6.07, 6.45) is 8.20. The molecule has 22 heavy (non-hydrogen) atoms. The zero-order chi connectivity index (χ0) is 14.9. The molecule has 4 rings (SSSR count). The summed E-state index contributed by atoms with van der Waals surface area (Å²) in [4.78, 5) is 6.95. The molecule has 5 heteroatoms. The summed E-state index contributed by atoms with van der Waals surface area (Å²) in [5, 5.41) is 5.62. The van der Waals surface area contributed by atoms with Crippen LogP contribution in [0.4, 0.5) is 5.69 Å². The molecule has 0 radical (unpaired) electrons. The molecule has 0 aliphatic carbocycles. The summed E-state index contributed by atoms with van der Waals surface area (Å²) >= 11 is 3.57. The van der Waals surface area contributed by atoms with Crippen LogP contribution in [-0.2, 0) is 0 Å². The summed E-state index contributed by atoms with van der Waals surface area (Å²) in [6, 6.07) is 10.8. The van der Waals surface area contributed by atoms with Crippen LogP contribution in [0.5, 0.6) is 0 Å². The Morgan fingerprint density at radius 2 is 2.14 bits per heavy atom. The highest BCUT2D eigenvalue weighted by atomic mass is 79.9. The first-order valence-electron chi connectivity index (χ1n) is 7.59. The topological polar surface area (TPSA) is 34.0 Å². The second-order valence-electron chi connectivity index (χ2n) is 5.72. The SMILES string of the molecule is Brc1ccc2nccc(N3CCCC(n4cccn4)C3)c2c1. The van der Waals surface area contributed by atoms with E-state index in [4.69, 9.17) is 0 Å². The maximum absolute atomic E-state index is 4.48. The Hall–Kier alpha value is -1.88. The fraction of sp³-hybridized carbons (Fsp3) is 0.294. The summed E-state index contributed by atoms with van der Waals surface area (Å²) in [5.41, 5.74) is 2.31. The quantitative estimate of drug-likeness (QED) is 0.694. The number of pyridine rings is 1. The van der Waals surface area contributed by atoms with Crippen molar-refractivity contribution in [2.75, 3.05) is 18.0 Å². The molecular weight excluding hydrogens is 340 g/mol. The molecule has 1 aliphatic rings. The van der Waals surface area contributed by atoms with Crippen LogP contribution in [-0.4, -0.2) is 27.9 Å². The Morgan fingerprint density at radius 3 is 3.00 bits per heavy atom. The molecule has 0 bridgehead atoms. The highest BCUT2D eigenvalue weighted by molar-refractivity contribution is 9.10. The lowest BCUT2D eigenvalue weighted by atomic mass is 10.0. The molecule has 0 saturated carbocycles. The van der Waals surface area contributed by atoms with Crippen LogP contribution in [0.3, 0.4) is 0 Å². The largest absolute Gasteiger partial charge is 0.369 e. The van der Waals surface area contributed by atoms with Gasteiger partial charge in [-0.2, -0.15) is 5.10 Å². The van der Waals surface area contributed by atoms with E-state index in [1.807, 2.05) is 24.5 Å². The first kappa shape index (κ1) is 13.8. The third kappa shape index (κ3) is 2.50. The first-order chi connectivity index (χ1) is 10.8. The monoisotopic (exact) mass is 356 g/mol. The highest BCUT2D eigenvalue weighted by Gasteiger charge is 2.22. The van der Waals surface area contributed by atoms with Crippen LogP contribution in [0.2, 0.25) is 0 Å². The fourth-order valence-corrected chi connectivity index (χ4v) is 3.63. The maximum Gasteiger partial charge on any atom is 0.0723 e. The molecule has 3 aromatic rings. The van der Waals surface area contributed by atoms with Gasteiger partial charge in [0, 0.05) is 47.2 Å². The zero-order valence-corrected chi connectivity index (χ0v) is 13.8. The van der Waals surface area contributed by atoms with Gasteiger partial charge in [-0.3, -0.25) is 9.67 Å². The van der Waals surface area contributed by atoms with Crippen molar-refractivity contribution >= 4 is 32.5 Å². The van der Waals surface area contributed by atoms with Crippen molar-refractivity contribution in [1.29, 1.82) is 0 Å². The Balaban J connectivity index is 1.70. The van der Waals surface area contributed by atoms with Gasteiger partial charge in [0.15, 0.2) is 0 Å². The van der Waals surface area contributed by atoms with Crippen molar-refractivity contribution in [2.45, 2.75) is 18.9 Å². The van der Waals surface area contributed by atoms with E-state index in [0.29, 0.717) is 6.04 Å². The molecular formula is C17H17BrN4. The lowest BCUT2D eigenvalue weighted by molar-refractivity contribution is 0.376. The third-order valence-electron chi connectivity index (χ3n) is 4.32. The predicted molar refractivity (Wildman–Crippen MR) is 92.2 cm³/mol. The van der Waals surface area contributed by atoms with Crippen molar-refractivity contribution in [3.63, 3.8) is 0 Å². The number of fused-ring (bicyclic) bond motifs is 1.